The quantitative estimate of drug-likeness (QED) is 0.772. The van der Waals surface area contributed by atoms with Gasteiger partial charge in [-0.15, -0.1) is 0 Å². The summed E-state index contributed by atoms with van der Waals surface area (Å²) in [5.74, 6) is -0.232. The first-order valence-corrected chi connectivity index (χ1v) is 9.05. The summed E-state index contributed by atoms with van der Waals surface area (Å²) < 4.78 is 41.8. The van der Waals surface area contributed by atoms with Crippen molar-refractivity contribution in [2.45, 2.75) is 19.8 Å². The number of halogens is 1. The van der Waals surface area contributed by atoms with E-state index in [2.05, 4.69) is 10.0 Å². The lowest BCUT2D eigenvalue weighted by atomic mass is 10.0. The number of hydrogen-bond acceptors (Lipinski definition) is 4. The van der Waals surface area contributed by atoms with Gasteiger partial charge >= 0.3 is 0 Å². The van der Waals surface area contributed by atoms with Gasteiger partial charge in [0, 0.05) is 26.2 Å². The molecule has 1 aliphatic heterocycles. The van der Waals surface area contributed by atoms with Crippen LogP contribution in [0.25, 0.3) is 0 Å². The van der Waals surface area contributed by atoms with Crippen LogP contribution >= 0.6 is 0 Å². The molecule has 1 saturated heterocycles. The average molecular weight is 340 g/mol. The zero-order valence-electron chi connectivity index (χ0n) is 13.0. The van der Waals surface area contributed by atoms with Crippen LogP contribution in [0.3, 0.4) is 0 Å². The molecule has 1 aliphatic rings. The van der Waals surface area contributed by atoms with E-state index in [4.69, 9.17) is 5.26 Å². The van der Waals surface area contributed by atoms with E-state index in [9.17, 15) is 12.8 Å². The first-order chi connectivity index (χ1) is 10.9. The largest absolute Gasteiger partial charge is 0.383 e. The molecule has 1 heterocycles. The van der Waals surface area contributed by atoms with Crippen molar-refractivity contribution < 1.29 is 12.8 Å². The van der Waals surface area contributed by atoms with Gasteiger partial charge in [0.25, 0.3) is 10.2 Å². The summed E-state index contributed by atoms with van der Waals surface area (Å²) >= 11 is 0. The molecule has 126 valence electrons. The minimum Gasteiger partial charge on any atom is -0.383 e. The van der Waals surface area contributed by atoms with E-state index in [-0.39, 0.29) is 18.7 Å². The Hall–Kier alpha value is -1.69. The number of benzene rings is 1. The van der Waals surface area contributed by atoms with Crippen LogP contribution in [-0.4, -0.2) is 38.9 Å². The van der Waals surface area contributed by atoms with Gasteiger partial charge in [0.2, 0.25) is 0 Å². The smallest absolute Gasteiger partial charge is 0.279 e. The summed E-state index contributed by atoms with van der Waals surface area (Å²) in [6, 6.07) is 6.09. The van der Waals surface area contributed by atoms with E-state index in [1.807, 2.05) is 6.92 Å². The van der Waals surface area contributed by atoms with Gasteiger partial charge in [-0.2, -0.15) is 18.0 Å². The molecule has 1 fully saturated rings. The molecule has 0 aromatic heterocycles. The SMILES string of the molecule is C[C@@H]1CCCN(S(=O)(=O)NCCNc2cccc(F)c2C#N)C1. The number of nitriles is 1. The van der Waals surface area contributed by atoms with Gasteiger partial charge in [-0.25, -0.2) is 9.11 Å². The number of nitrogens with zero attached hydrogens (tertiary/aromatic N) is 2. The molecule has 1 atom stereocenters. The maximum Gasteiger partial charge on any atom is 0.279 e. The molecule has 8 heteroatoms. The molecule has 23 heavy (non-hydrogen) atoms. The highest BCUT2D eigenvalue weighted by atomic mass is 32.2. The third kappa shape index (κ3) is 4.64. The molecule has 2 rings (SSSR count). The van der Waals surface area contributed by atoms with Crippen molar-refractivity contribution in [1.82, 2.24) is 9.03 Å². The Labute approximate surface area is 136 Å². The summed E-state index contributed by atoms with van der Waals surface area (Å²) in [7, 11) is -3.49. The van der Waals surface area contributed by atoms with Gasteiger partial charge in [0.05, 0.1) is 5.69 Å². The Bertz CT molecular complexity index is 687. The van der Waals surface area contributed by atoms with E-state index < -0.39 is 16.0 Å². The Morgan fingerprint density at radius 3 is 2.91 bits per heavy atom. The van der Waals surface area contributed by atoms with E-state index >= 15 is 0 Å². The third-order valence-corrected chi connectivity index (χ3v) is 5.39. The molecule has 0 saturated carbocycles. The molecule has 0 amide bonds. The first-order valence-electron chi connectivity index (χ1n) is 7.61. The van der Waals surface area contributed by atoms with Gasteiger partial charge in [-0.1, -0.05) is 13.0 Å². The van der Waals surface area contributed by atoms with Crippen molar-refractivity contribution in [2.75, 3.05) is 31.5 Å². The monoisotopic (exact) mass is 340 g/mol. The third-order valence-electron chi connectivity index (χ3n) is 3.81. The maximum absolute atomic E-state index is 13.4. The van der Waals surface area contributed by atoms with Gasteiger partial charge < -0.3 is 5.32 Å². The second kappa shape index (κ2) is 7.73. The number of piperidine rings is 1. The summed E-state index contributed by atoms with van der Waals surface area (Å²) in [6.45, 7) is 3.53. The molecular weight excluding hydrogens is 319 g/mol. The molecule has 1 aromatic rings. The van der Waals surface area contributed by atoms with Crippen molar-refractivity contribution >= 4 is 15.9 Å². The van der Waals surface area contributed by atoms with E-state index in [0.29, 0.717) is 24.7 Å². The lowest BCUT2D eigenvalue weighted by Gasteiger charge is -2.30. The summed E-state index contributed by atoms with van der Waals surface area (Å²) in [5.41, 5.74) is 0.290. The van der Waals surface area contributed by atoms with Crippen LogP contribution in [0.15, 0.2) is 18.2 Å². The Morgan fingerprint density at radius 1 is 1.43 bits per heavy atom. The highest BCUT2D eigenvalue weighted by Gasteiger charge is 2.26. The fourth-order valence-electron chi connectivity index (χ4n) is 2.62. The molecule has 1 aromatic carbocycles. The van der Waals surface area contributed by atoms with Gasteiger partial charge in [0.15, 0.2) is 0 Å². The highest BCUT2D eigenvalue weighted by Crippen LogP contribution is 2.18. The number of hydrogen-bond donors (Lipinski definition) is 2. The van der Waals surface area contributed by atoms with Crippen molar-refractivity contribution in [1.29, 1.82) is 5.26 Å². The van der Waals surface area contributed by atoms with Gasteiger partial charge in [-0.05, 0) is 30.9 Å². The van der Waals surface area contributed by atoms with Crippen LogP contribution in [0.1, 0.15) is 25.3 Å². The lowest BCUT2D eigenvalue weighted by Crippen LogP contribution is -2.46. The Morgan fingerprint density at radius 2 is 2.22 bits per heavy atom. The van der Waals surface area contributed by atoms with Crippen LogP contribution in [0, 0.1) is 23.1 Å². The summed E-state index contributed by atoms with van der Waals surface area (Å²) in [5, 5.41) is 11.8. The van der Waals surface area contributed by atoms with Crippen LogP contribution < -0.4 is 10.0 Å². The van der Waals surface area contributed by atoms with E-state index in [1.165, 1.54) is 16.4 Å². The zero-order valence-corrected chi connectivity index (χ0v) is 13.9. The minimum atomic E-state index is -3.49. The van der Waals surface area contributed by atoms with Crippen molar-refractivity contribution in [3.8, 4) is 6.07 Å². The second-order valence-electron chi connectivity index (χ2n) is 5.71. The standard InChI is InChI=1S/C15H21FN4O2S/c1-12-4-3-9-20(11-12)23(21,22)19-8-7-18-15-6-2-5-14(16)13(15)10-17/h2,5-6,12,18-19H,3-4,7-9,11H2,1H3/t12-/m1/s1. The molecule has 0 aliphatic carbocycles. The van der Waals surface area contributed by atoms with Crippen LogP contribution in [-0.2, 0) is 10.2 Å². The predicted molar refractivity (Wildman–Crippen MR) is 86.5 cm³/mol. The summed E-state index contributed by atoms with van der Waals surface area (Å²) in [6.07, 6.45) is 1.92. The summed E-state index contributed by atoms with van der Waals surface area (Å²) in [4.78, 5) is 0. The number of nitrogens with one attached hydrogen (secondary N) is 2. The second-order valence-corrected chi connectivity index (χ2v) is 7.46. The molecule has 6 nitrogen and oxygen atoms in total. The van der Waals surface area contributed by atoms with Gasteiger partial charge in [-0.3, -0.25) is 0 Å². The number of anilines is 1. The first kappa shape index (κ1) is 17.7. The van der Waals surface area contributed by atoms with E-state index in [1.54, 1.807) is 12.1 Å². The topological polar surface area (TPSA) is 85.2 Å². The van der Waals surface area contributed by atoms with Crippen molar-refractivity contribution in [2.24, 2.45) is 5.92 Å². The van der Waals surface area contributed by atoms with Crippen LogP contribution in [0.2, 0.25) is 0 Å². The van der Waals surface area contributed by atoms with E-state index in [0.717, 1.165) is 12.8 Å². The van der Waals surface area contributed by atoms with Crippen LogP contribution in [0.4, 0.5) is 10.1 Å². The number of rotatable bonds is 6. The lowest BCUT2D eigenvalue weighted by molar-refractivity contribution is 0.278. The molecule has 0 bridgehead atoms. The van der Waals surface area contributed by atoms with Gasteiger partial charge in [0.1, 0.15) is 17.4 Å². The fraction of sp³-hybridized carbons (Fsp3) is 0.533. The molecule has 0 unspecified atom stereocenters. The molecular formula is C15H21FN4O2S. The average Bonchev–Trinajstić information content (AvgIpc) is 2.52. The normalized spacial score (nSPS) is 19.3. The molecule has 0 radical (unpaired) electrons. The maximum atomic E-state index is 13.4. The Kier molecular flexibility index (Phi) is 5.93. The zero-order chi connectivity index (χ0) is 16.9. The molecule has 0 spiro atoms. The Balaban J connectivity index is 1.86. The minimum absolute atomic E-state index is 0.0692. The fourth-order valence-corrected chi connectivity index (χ4v) is 3.98. The van der Waals surface area contributed by atoms with Crippen LogP contribution in [0.5, 0.6) is 0 Å². The molecule has 2 N–H and O–H groups in total. The van der Waals surface area contributed by atoms with Crippen molar-refractivity contribution in [3.63, 3.8) is 0 Å². The predicted octanol–water partition coefficient (Wildman–Crippen LogP) is 1.68. The highest BCUT2D eigenvalue weighted by molar-refractivity contribution is 7.87. The van der Waals surface area contributed by atoms with Crippen molar-refractivity contribution in [3.05, 3.63) is 29.6 Å².